The summed E-state index contributed by atoms with van der Waals surface area (Å²) in [5.41, 5.74) is 4.47. The first kappa shape index (κ1) is 10.7. The summed E-state index contributed by atoms with van der Waals surface area (Å²) in [4.78, 5) is 0. The number of hydrogen-bond donors (Lipinski definition) is 0. The summed E-state index contributed by atoms with van der Waals surface area (Å²) >= 11 is 0. The van der Waals surface area contributed by atoms with Crippen molar-refractivity contribution in [2.24, 2.45) is 4.36 Å². The molecule has 1 aromatic rings. The number of aryl methyl sites for hydroxylation is 3. The van der Waals surface area contributed by atoms with Crippen molar-refractivity contribution in [3.63, 3.8) is 0 Å². The van der Waals surface area contributed by atoms with Crippen LogP contribution >= 0.6 is 0 Å². The predicted molar refractivity (Wildman–Crippen MR) is 65.2 cm³/mol. The second-order valence-corrected chi connectivity index (χ2v) is 6.92. The fraction of sp³-hybridized carbons (Fsp3) is 0.500. The third-order valence-corrected chi connectivity index (χ3v) is 5.19. The van der Waals surface area contributed by atoms with Crippen molar-refractivity contribution in [2.45, 2.75) is 27.2 Å². The first-order chi connectivity index (χ1) is 7.00. The zero-order valence-electron chi connectivity index (χ0n) is 9.54. The highest BCUT2D eigenvalue weighted by Crippen LogP contribution is 2.29. The molecule has 0 amide bonds. The van der Waals surface area contributed by atoms with Crippen LogP contribution in [0.1, 0.15) is 23.1 Å². The Labute approximate surface area is 91.9 Å². The van der Waals surface area contributed by atoms with Crippen LogP contribution in [-0.2, 0) is 9.73 Å². The summed E-state index contributed by atoms with van der Waals surface area (Å²) in [6.07, 6.45) is 1.06. The molecule has 1 aliphatic rings. The Morgan fingerprint density at radius 3 is 2.07 bits per heavy atom. The van der Waals surface area contributed by atoms with Crippen molar-refractivity contribution in [1.82, 2.24) is 0 Å². The summed E-state index contributed by atoms with van der Waals surface area (Å²) in [5, 5.41) is 0. The van der Waals surface area contributed by atoms with E-state index in [1.54, 1.807) is 0 Å². The van der Waals surface area contributed by atoms with Gasteiger partial charge in [0.25, 0.3) is 0 Å². The van der Waals surface area contributed by atoms with Gasteiger partial charge >= 0.3 is 0 Å². The molecule has 2 nitrogen and oxygen atoms in total. The van der Waals surface area contributed by atoms with Gasteiger partial charge in [0.1, 0.15) is 0 Å². The highest BCUT2D eigenvalue weighted by molar-refractivity contribution is 7.95. The molecular formula is C12H17NOS. The lowest BCUT2D eigenvalue weighted by Crippen LogP contribution is -2.23. The minimum Gasteiger partial charge on any atom is -0.249 e. The molecule has 3 heteroatoms. The molecule has 82 valence electrons. The molecule has 0 aromatic heterocycles. The van der Waals surface area contributed by atoms with Crippen LogP contribution < -0.4 is 0 Å². The van der Waals surface area contributed by atoms with Gasteiger partial charge in [0.2, 0.25) is 0 Å². The molecule has 0 bridgehead atoms. The van der Waals surface area contributed by atoms with E-state index in [1.165, 1.54) is 5.56 Å². The van der Waals surface area contributed by atoms with E-state index in [0.29, 0.717) is 0 Å². The molecule has 1 saturated heterocycles. The van der Waals surface area contributed by atoms with Crippen molar-refractivity contribution < 1.29 is 4.21 Å². The fourth-order valence-electron chi connectivity index (χ4n) is 1.97. The number of rotatable bonds is 1. The minimum absolute atomic E-state index is 0.778. The monoisotopic (exact) mass is 223 g/mol. The Kier molecular flexibility index (Phi) is 2.59. The number of hydrogen-bond acceptors (Lipinski definition) is 2. The standard InChI is InChI=1S/C12H17NOS/c1-9-7-10(2)12(11(3)8-9)13-15(14)5-4-6-15/h7-8H,4-6H2,1-3H3. The molecule has 1 heterocycles. The van der Waals surface area contributed by atoms with E-state index in [0.717, 1.165) is 34.7 Å². The van der Waals surface area contributed by atoms with Crippen LogP contribution in [0.3, 0.4) is 0 Å². The maximum absolute atomic E-state index is 12.0. The Balaban J connectivity index is 2.54. The molecular weight excluding hydrogens is 206 g/mol. The van der Waals surface area contributed by atoms with Gasteiger partial charge in [-0.15, -0.1) is 0 Å². The first-order valence-corrected chi connectivity index (χ1v) is 7.16. The van der Waals surface area contributed by atoms with Crippen LogP contribution in [0.25, 0.3) is 0 Å². The molecule has 1 aromatic carbocycles. The molecule has 1 aliphatic heterocycles. The summed E-state index contributed by atoms with van der Waals surface area (Å²) in [5.74, 6) is 1.56. The van der Waals surface area contributed by atoms with E-state index in [9.17, 15) is 4.21 Å². The highest BCUT2D eigenvalue weighted by Gasteiger charge is 2.20. The van der Waals surface area contributed by atoms with Crippen LogP contribution in [0.5, 0.6) is 0 Å². The second kappa shape index (κ2) is 3.63. The molecule has 0 unspecified atom stereocenters. The third kappa shape index (κ3) is 2.07. The van der Waals surface area contributed by atoms with Gasteiger partial charge in [-0.2, -0.15) is 4.36 Å². The van der Waals surface area contributed by atoms with Crippen molar-refractivity contribution in [3.05, 3.63) is 28.8 Å². The molecule has 0 spiro atoms. The molecule has 15 heavy (non-hydrogen) atoms. The molecule has 0 N–H and O–H groups in total. The van der Waals surface area contributed by atoms with Crippen LogP contribution in [-0.4, -0.2) is 15.7 Å². The third-order valence-electron chi connectivity index (χ3n) is 2.82. The topological polar surface area (TPSA) is 29.4 Å². The minimum atomic E-state index is -1.87. The van der Waals surface area contributed by atoms with Crippen molar-refractivity contribution >= 4 is 15.4 Å². The maximum Gasteiger partial charge on any atom is 0.0788 e. The van der Waals surface area contributed by atoms with Crippen molar-refractivity contribution in [2.75, 3.05) is 11.5 Å². The molecule has 0 radical (unpaired) electrons. The van der Waals surface area contributed by atoms with E-state index < -0.39 is 9.73 Å². The molecule has 0 atom stereocenters. The van der Waals surface area contributed by atoms with E-state index in [-0.39, 0.29) is 0 Å². The number of benzene rings is 1. The second-order valence-electron chi connectivity index (χ2n) is 4.37. The predicted octanol–water partition coefficient (Wildman–Crippen LogP) is 3.12. The van der Waals surface area contributed by atoms with Gasteiger partial charge < -0.3 is 0 Å². The van der Waals surface area contributed by atoms with E-state index >= 15 is 0 Å². The van der Waals surface area contributed by atoms with Crippen LogP contribution in [0.15, 0.2) is 16.5 Å². The van der Waals surface area contributed by atoms with E-state index in [2.05, 4.69) is 23.4 Å². The highest BCUT2D eigenvalue weighted by atomic mass is 32.2. The van der Waals surface area contributed by atoms with Gasteiger partial charge in [0.15, 0.2) is 0 Å². The lowest BCUT2D eigenvalue weighted by Gasteiger charge is -2.19. The van der Waals surface area contributed by atoms with Gasteiger partial charge in [-0.3, -0.25) is 0 Å². The summed E-state index contributed by atoms with van der Waals surface area (Å²) in [6, 6.07) is 4.21. The zero-order chi connectivity index (χ0) is 11.1. The average Bonchev–Trinajstić information content (AvgIpc) is 2.08. The quantitative estimate of drug-likeness (QED) is 0.719. The van der Waals surface area contributed by atoms with Crippen molar-refractivity contribution in [3.8, 4) is 0 Å². The van der Waals surface area contributed by atoms with E-state index in [4.69, 9.17) is 0 Å². The van der Waals surface area contributed by atoms with Gasteiger partial charge in [-0.05, 0) is 38.3 Å². The first-order valence-electron chi connectivity index (χ1n) is 5.30. The van der Waals surface area contributed by atoms with Crippen LogP contribution in [0.4, 0.5) is 5.69 Å². The van der Waals surface area contributed by atoms with Gasteiger partial charge in [0, 0.05) is 11.5 Å². The molecule has 1 fully saturated rings. The summed E-state index contributed by atoms with van der Waals surface area (Å²) < 4.78 is 16.5. The van der Waals surface area contributed by atoms with Crippen LogP contribution in [0.2, 0.25) is 0 Å². The van der Waals surface area contributed by atoms with Crippen molar-refractivity contribution in [1.29, 1.82) is 0 Å². The Hall–Kier alpha value is -0.830. The number of nitrogens with zero attached hydrogens (tertiary/aromatic N) is 1. The lowest BCUT2D eigenvalue weighted by molar-refractivity contribution is 0.663. The molecule has 0 saturated carbocycles. The van der Waals surface area contributed by atoms with Crippen LogP contribution in [0, 0.1) is 20.8 Å². The molecule has 0 aliphatic carbocycles. The smallest absolute Gasteiger partial charge is 0.0788 e. The van der Waals surface area contributed by atoms with Gasteiger partial charge in [-0.25, -0.2) is 4.21 Å². The van der Waals surface area contributed by atoms with Gasteiger partial charge in [0.05, 0.1) is 15.4 Å². The normalized spacial score (nSPS) is 18.3. The zero-order valence-corrected chi connectivity index (χ0v) is 10.4. The van der Waals surface area contributed by atoms with Gasteiger partial charge in [-0.1, -0.05) is 17.7 Å². The summed E-state index contributed by atoms with van der Waals surface area (Å²) in [7, 11) is -1.87. The largest absolute Gasteiger partial charge is 0.249 e. The van der Waals surface area contributed by atoms with E-state index in [1.807, 2.05) is 13.8 Å². The Morgan fingerprint density at radius 1 is 1.13 bits per heavy atom. The summed E-state index contributed by atoms with van der Waals surface area (Å²) in [6.45, 7) is 6.16. The Morgan fingerprint density at radius 2 is 1.67 bits per heavy atom. The maximum atomic E-state index is 12.0. The SMILES string of the molecule is Cc1cc(C)c(N=S2(=O)CCC2)c(C)c1. The Bertz CT molecular complexity index is 477. The lowest BCUT2D eigenvalue weighted by atomic mass is 10.1. The molecule has 2 rings (SSSR count). The fourth-order valence-corrected chi connectivity index (χ4v) is 3.55. The average molecular weight is 223 g/mol.